The predicted octanol–water partition coefficient (Wildman–Crippen LogP) is -1.03. The van der Waals surface area contributed by atoms with Gasteiger partial charge in [-0.1, -0.05) is 0 Å². The summed E-state index contributed by atoms with van der Waals surface area (Å²) in [6.07, 6.45) is 0. The van der Waals surface area contributed by atoms with Gasteiger partial charge in [0.15, 0.2) is 0 Å². The number of hydrogen-bond acceptors (Lipinski definition) is 4. The van der Waals surface area contributed by atoms with Gasteiger partial charge in [-0.3, -0.25) is 9.59 Å². The smallest absolute Gasteiger partial charge is 0.663 e. The molecule has 6 N–H and O–H groups in total. The van der Waals surface area contributed by atoms with Crippen LogP contribution in [0, 0.1) is 0 Å². The summed E-state index contributed by atoms with van der Waals surface area (Å²) in [6.45, 7) is -1.23. The molecule has 0 radical (unpaired) electrons. The van der Waals surface area contributed by atoms with E-state index >= 15 is 0 Å². The molecule has 2 atom stereocenters. The standard InChI is InChI=1S/2C3H6NO3.Pd/c2*4-2(1-5)3(6)7;/h2*2,4-5H,1H2,(H,6,7);/q2*-1;+2. The van der Waals surface area contributed by atoms with E-state index in [-0.39, 0.29) is 20.4 Å². The van der Waals surface area contributed by atoms with Gasteiger partial charge in [0.25, 0.3) is 11.9 Å². The summed E-state index contributed by atoms with van der Waals surface area (Å²) in [5.74, 6) is -2.58. The van der Waals surface area contributed by atoms with Crippen LogP contribution in [-0.4, -0.2) is 57.7 Å². The number of carboxylic acids is 2. The van der Waals surface area contributed by atoms with Gasteiger partial charge in [0.1, 0.15) is 0 Å². The van der Waals surface area contributed by atoms with Crippen LogP contribution >= 0.6 is 0 Å². The zero-order valence-corrected chi connectivity index (χ0v) is 9.05. The van der Waals surface area contributed by atoms with Crippen molar-refractivity contribution >= 4 is 11.9 Å². The monoisotopic (exact) mass is 314 g/mol. The third-order valence-electron chi connectivity index (χ3n) is 0.961. The number of rotatable bonds is 4. The molecule has 9 heteroatoms. The van der Waals surface area contributed by atoms with Gasteiger partial charge in [-0.25, -0.2) is 0 Å². The van der Waals surface area contributed by atoms with E-state index in [2.05, 4.69) is 0 Å². The molecule has 0 rings (SSSR count). The topological polar surface area (TPSA) is 163 Å². The Kier molecular flexibility index (Phi) is 15.3. The number of carboxylic acid groups (broad SMARTS) is 2. The molecule has 0 aliphatic carbocycles. The Bertz CT molecular complexity index is 170. The molecule has 0 fully saturated rings. The first-order valence-electron chi connectivity index (χ1n) is 3.46. The minimum Gasteiger partial charge on any atom is -0.663 e. The third-order valence-corrected chi connectivity index (χ3v) is 0.961. The summed E-state index contributed by atoms with van der Waals surface area (Å²) < 4.78 is 0. The minimum atomic E-state index is -1.38. The zero-order valence-electron chi connectivity index (χ0n) is 7.49. The Morgan fingerprint density at radius 2 is 1.13 bits per heavy atom. The van der Waals surface area contributed by atoms with E-state index in [9.17, 15) is 9.59 Å². The molecule has 2 unspecified atom stereocenters. The van der Waals surface area contributed by atoms with Crippen LogP contribution in [0.5, 0.6) is 0 Å². The van der Waals surface area contributed by atoms with Crippen molar-refractivity contribution in [1.29, 1.82) is 0 Å². The number of aliphatic hydroxyl groups excluding tert-OH is 2. The van der Waals surface area contributed by atoms with E-state index < -0.39 is 37.2 Å². The number of hydrogen-bond donors (Lipinski definition) is 4. The molecular formula is C6H12N2O6Pd. The molecule has 0 saturated heterocycles. The zero-order chi connectivity index (χ0) is 11.7. The van der Waals surface area contributed by atoms with Gasteiger partial charge in [0, 0.05) is 13.2 Å². The number of aliphatic hydroxyl groups is 2. The molecule has 0 spiro atoms. The molecule has 0 amide bonds. The van der Waals surface area contributed by atoms with Crippen molar-refractivity contribution in [2.45, 2.75) is 12.1 Å². The fraction of sp³-hybridized carbons (Fsp3) is 0.667. The summed E-state index contributed by atoms with van der Waals surface area (Å²) >= 11 is 0. The summed E-state index contributed by atoms with van der Waals surface area (Å²) in [7, 11) is 0. The number of aliphatic carboxylic acids is 2. The first-order valence-corrected chi connectivity index (χ1v) is 3.46. The van der Waals surface area contributed by atoms with Crippen LogP contribution in [0.2, 0.25) is 0 Å². The molecule has 0 saturated carbocycles. The summed E-state index contributed by atoms with van der Waals surface area (Å²) in [4.78, 5) is 19.2. The third kappa shape index (κ3) is 13.4. The van der Waals surface area contributed by atoms with E-state index in [0.29, 0.717) is 0 Å². The van der Waals surface area contributed by atoms with Gasteiger partial charge in [0.2, 0.25) is 0 Å². The summed E-state index contributed by atoms with van der Waals surface area (Å²) in [5.41, 5.74) is 12.9. The van der Waals surface area contributed by atoms with E-state index in [0.717, 1.165) is 0 Å². The Morgan fingerprint density at radius 1 is 0.933 bits per heavy atom. The second-order valence-electron chi connectivity index (χ2n) is 2.15. The van der Waals surface area contributed by atoms with Crippen LogP contribution in [0.25, 0.3) is 11.5 Å². The normalized spacial score (nSPS) is 12.5. The van der Waals surface area contributed by atoms with Crippen LogP contribution < -0.4 is 0 Å². The van der Waals surface area contributed by atoms with Crippen LogP contribution in [0.4, 0.5) is 0 Å². The van der Waals surface area contributed by atoms with Crippen LogP contribution in [0.15, 0.2) is 0 Å². The van der Waals surface area contributed by atoms with Crippen molar-refractivity contribution in [1.82, 2.24) is 0 Å². The maximum absolute atomic E-state index is 9.58. The fourth-order valence-corrected chi connectivity index (χ4v) is 0.156. The van der Waals surface area contributed by atoms with E-state index in [1.54, 1.807) is 0 Å². The van der Waals surface area contributed by atoms with Gasteiger partial charge in [-0.05, 0) is 12.1 Å². The van der Waals surface area contributed by atoms with Crippen molar-refractivity contribution in [2.24, 2.45) is 0 Å². The van der Waals surface area contributed by atoms with Gasteiger partial charge >= 0.3 is 20.4 Å². The van der Waals surface area contributed by atoms with Crippen LogP contribution in [0.3, 0.4) is 0 Å². The van der Waals surface area contributed by atoms with Crippen molar-refractivity contribution in [3.05, 3.63) is 11.5 Å². The second-order valence-corrected chi connectivity index (χ2v) is 2.15. The molecule has 92 valence electrons. The Balaban J connectivity index is -0.000000180. The first kappa shape index (κ1) is 19.9. The average molecular weight is 315 g/mol. The number of nitrogens with one attached hydrogen (secondary N) is 2. The molecule has 8 nitrogen and oxygen atoms in total. The average Bonchev–Trinajstić information content (AvgIpc) is 2.15. The Labute approximate surface area is 99.5 Å². The molecular weight excluding hydrogens is 302 g/mol. The second kappa shape index (κ2) is 11.5. The fourth-order valence-electron chi connectivity index (χ4n) is 0.156. The summed E-state index contributed by atoms with van der Waals surface area (Å²) in [5, 5.41) is 31.5. The van der Waals surface area contributed by atoms with Crippen LogP contribution in [0.1, 0.15) is 0 Å². The SMILES string of the molecule is [NH-]C(CO)C(=O)O.[NH-]C(CO)C(=O)O.[Pd+2]. The maximum Gasteiger partial charge on any atom is 2.00 e. The van der Waals surface area contributed by atoms with Crippen molar-refractivity contribution in [3.63, 3.8) is 0 Å². The molecule has 0 aliphatic rings. The molecule has 0 aliphatic heterocycles. The van der Waals surface area contributed by atoms with E-state index in [1.807, 2.05) is 0 Å². The van der Waals surface area contributed by atoms with E-state index in [4.69, 9.17) is 31.9 Å². The molecule has 0 aromatic carbocycles. The quantitative estimate of drug-likeness (QED) is 0.484. The first-order chi connectivity index (χ1) is 6.36. The van der Waals surface area contributed by atoms with Gasteiger partial charge in [-0.15, -0.1) is 0 Å². The molecule has 15 heavy (non-hydrogen) atoms. The van der Waals surface area contributed by atoms with Crippen molar-refractivity contribution in [2.75, 3.05) is 13.2 Å². The predicted molar refractivity (Wildman–Crippen MR) is 45.7 cm³/mol. The van der Waals surface area contributed by atoms with Crippen molar-refractivity contribution in [3.8, 4) is 0 Å². The van der Waals surface area contributed by atoms with Gasteiger partial charge in [-0.2, -0.15) is 0 Å². The summed E-state index contributed by atoms with van der Waals surface area (Å²) in [6, 6.07) is -2.75. The van der Waals surface area contributed by atoms with Crippen molar-refractivity contribution < 1.29 is 50.4 Å². The molecule has 0 heterocycles. The van der Waals surface area contributed by atoms with Crippen LogP contribution in [-0.2, 0) is 30.0 Å². The maximum atomic E-state index is 9.58. The Hall–Kier alpha value is -0.558. The minimum absolute atomic E-state index is 0. The van der Waals surface area contributed by atoms with Gasteiger partial charge in [0.05, 0.1) is 0 Å². The molecule has 0 aromatic rings. The Morgan fingerprint density at radius 3 is 1.13 bits per heavy atom. The largest absolute Gasteiger partial charge is 2.00 e. The number of carbonyl (C=O) groups is 2. The molecule has 0 aromatic heterocycles. The van der Waals surface area contributed by atoms with Gasteiger partial charge < -0.3 is 31.9 Å². The van der Waals surface area contributed by atoms with E-state index in [1.165, 1.54) is 0 Å². The molecule has 0 bridgehead atoms.